The van der Waals surface area contributed by atoms with Crippen LogP contribution in [0.25, 0.3) is 11.0 Å². The van der Waals surface area contributed by atoms with Crippen LogP contribution in [-0.2, 0) is 6.42 Å². The number of thioether (sulfide) groups is 1. The summed E-state index contributed by atoms with van der Waals surface area (Å²) in [6.45, 7) is 1.89. The smallest absolute Gasteiger partial charge is 0.208 e. The first kappa shape index (κ1) is 12.0. The van der Waals surface area contributed by atoms with Gasteiger partial charge in [0.2, 0.25) is 5.16 Å². The Bertz CT molecular complexity index is 701. The fraction of sp³-hybridized carbons (Fsp3) is 0.250. The fourth-order valence-electron chi connectivity index (χ4n) is 1.82. The molecule has 0 bridgehead atoms. The minimum Gasteiger partial charge on any atom is -0.399 e. The third-order valence-electron chi connectivity index (χ3n) is 2.70. The van der Waals surface area contributed by atoms with Crippen LogP contribution < -0.4 is 5.73 Å². The summed E-state index contributed by atoms with van der Waals surface area (Å²) >= 11 is 1.61. The van der Waals surface area contributed by atoms with Crippen molar-refractivity contribution in [3.63, 3.8) is 0 Å². The summed E-state index contributed by atoms with van der Waals surface area (Å²) < 4.78 is 0. The van der Waals surface area contributed by atoms with Crippen LogP contribution in [-0.4, -0.2) is 30.9 Å². The van der Waals surface area contributed by atoms with E-state index < -0.39 is 0 Å². The molecule has 3 aromatic rings. The monoisotopic (exact) mass is 274 g/mol. The maximum atomic E-state index is 5.74. The second-order valence-electron chi connectivity index (χ2n) is 4.26. The van der Waals surface area contributed by atoms with Gasteiger partial charge in [-0.1, -0.05) is 11.8 Å². The molecule has 0 saturated heterocycles. The Morgan fingerprint density at radius 2 is 2.21 bits per heavy atom. The summed E-state index contributed by atoms with van der Waals surface area (Å²) in [5, 5.41) is 7.68. The minimum absolute atomic E-state index is 0.744. The third-order valence-corrected chi connectivity index (χ3v) is 3.55. The number of nitrogens with one attached hydrogen (secondary N) is 2. The molecule has 0 aliphatic rings. The van der Waals surface area contributed by atoms with E-state index in [4.69, 9.17) is 5.73 Å². The SMILES string of the molecule is Cc1nc(SCCc2nc3ccc(N)cc3[nH]2)n[nH]1. The van der Waals surface area contributed by atoms with Gasteiger partial charge in [-0.25, -0.2) is 9.97 Å². The number of nitrogen functional groups attached to an aromatic ring is 1. The van der Waals surface area contributed by atoms with Crippen LogP contribution in [0.5, 0.6) is 0 Å². The summed E-state index contributed by atoms with van der Waals surface area (Å²) in [5.74, 6) is 2.68. The molecular formula is C12H14N6S. The van der Waals surface area contributed by atoms with E-state index in [0.29, 0.717) is 0 Å². The first-order chi connectivity index (χ1) is 9.20. The van der Waals surface area contributed by atoms with Gasteiger partial charge in [0.05, 0.1) is 11.0 Å². The van der Waals surface area contributed by atoms with Gasteiger partial charge in [-0.3, -0.25) is 5.10 Å². The van der Waals surface area contributed by atoms with Crippen LogP contribution in [0.15, 0.2) is 23.4 Å². The van der Waals surface area contributed by atoms with E-state index in [0.717, 1.165) is 45.7 Å². The minimum atomic E-state index is 0.744. The molecule has 0 aliphatic carbocycles. The largest absolute Gasteiger partial charge is 0.399 e. The predicted molar refractivity (Wildman–Crippen MR) is 76.1 cm³/mol. The highest BCUT2D eigenvalue weighted by Gasteiger charge is 2.05. The Labute approximate surface area is 114 Å². The van der Waals surface area contributed by atoms with Crippen molar-refractivity contribution in [2.75, 3.05) is 11.5 Å². The number of hydrogen-bond acceptors (Lipinski definition) is 5. The van der Waals surface area contributed by atoms with Crippen LogP contribution in [0, 0.1) is 6.92 Å². The Hall–Kier alpha value is -2.02. The number of fused-ring (bicyclic) bond motifs is 1. The Kier molecular flexibility index (Phi) is 3.12. The van der Waals surface area contributed by atoms with Gasteiger partial charge in [-0.15, -0.1) is 5.10 Å². The van der Waals surface area contributed by atoms with Gasteiger partial charge in [0.25, 0.3) is 0 Å². The second kappa shape index (κ2) is 4.93. The molecule has 0 radical (unpaired) electrons. The lowest BCUT2D eigenvalue weighted by molar-refractivity contribution is 0.959. The van der Waals surface area contributed by atoms with Crippen LogP contribution in [0.4, 0.5) is 5.69 Å². The number of anilines is 1. The third kappa shape index (κ3) is 2.70. The highest BCUT2D eigenvalue weighted by Crippen LogP contribution is 2.17. The van der Waals surface area contributed by atoms with E-state index in [1.165, 1.54) is 0 Å². The van der Waals surface area contributed by atoms with Crippen molar-refractivity contribution in [2.24, 2.45) is 0 Å². The topological polar surface area (TPSA) is 96.3 Å². The highest BCUT2D eigenvalue weighted by molar-refractivity contribution is 7.99. The van der Waals surface area contributed by atoms with Crippen LogP contribution >= 0.6 is 11.8 Å². The number of benzene rings is 1. The fourth-order valence-corrected chi connectivity index (χ4v) is 2.61. The maximum absolute atomic E-state index is 5.74. The molecule has 0 unspecified atom stereocenters. The molecule has 0 spiro atoms. The van der Waals surface area contributed by atoms with Crippen molar-refractivity contribution in [1.29, 1.82) is 0 Å². The van der Waals surface area contributed by atoms with Crippen molar-refractivity contribution >= 4 is 28.5 Å². The van der Waals surface area contributed by atoms with Gasteiger partial charge in [0.15, 0.2) is 0 Å². The highest BCUT2D eigenvalue weighted by atomic mass is 32.2. The van der Waals surface area contributed by atoms with E-state index in [1.54, 1.807) is 11.8 Å². The molecule has 98 valence electrons. The molecule has 0 fully saturated rings. The summed E-state index contributed by atoms with van der Waals surface area (Å²) in [6.07, 6.45) is 0.840. The summed E-state index contributed by atoms with van der Waals surface area (Å²) in [4.78, 5) is 12.0. The molecule has 4 N–H and O–H groups in total. The first-order valence-corrected chi connectivity index (χ1v) is 6.95. The van der Waals surface area contributed by atoms with E-state index >= 15 is 0 Å². The number of rotatable bonds is 4. The van der Waals surface area contributed by atoms with Crippen molar-refractivity contribution in [1.82, 2.24) is 25.1 Å². The molecule has 2 heterocycles. The normalized spacial score (nSPS) is 11.2. The molecule has 0 atom stereocenters. The molecule has 2 aromatic heterocycles. The standard InChI is InChI=1S/C12H14N6S/c1-7-14-12(18-17-7)19-5-4-11-15-9-3-2-8(13)6-10(9)16-11/h2-3,6H,4-5,13H2,1H3,(H,15,16)(H,14,17,18). The maximum Gasteiger partial charge on any atom is 0.208 e. The van der Waals surface area contributed by atoms with Crippen LogP contribution in [0.3, 0.4) is 0 Å². The Morgan fingerprint density at radius 1 is 1.32 bits per heavy atom. The number of aromatic amines is 2. The van der Waals surface area contributed by atoms with Crippen LogP contribution in [0.1, 0.15) is 11.6 Å². The zero-order chi connectivity index (χ0) is 13.2. The molecule has 0 saturated carbocycles. The molecule has 0 amide bonds. The zero-order valence-electron chi connectivity index (χ0n) is 10.5. The molecular weight excluding hydrogens is 260 g/mol. The quantitative estimate of drug-likeness (QED) is 0.499. The van der Waals surface area contributed by atoms with Crippen LogP contribution in [0.2, 0.25) is 0 Å². The van der Waals surface area contributed by atoms with Gasteiger partial charge in [-0.2, -0.15) is 0 Å². The molecule has 3 rings (SSSR count). The van der Waals surface area contributed by atoms with E-state index in [-0.39, 0.29) is 0 Å². The predicted octanol–water partition coefficient (Wildman–Crippen LogP) is 1.91. The lowest BCUT2D eigenvalue weighted by atomic mass is 10.3. The lowest BCUT2D eigenvalue weighted by Crippen LogP contribution is -1.91. The molecule has 0 aliphatic heterocycles. The molecule has 7 heteroatoms. The van der Waals surface area contributed by atoms with Crippen molar-refractivity contribution in [3.8, 4) is 0 Å². The first-order valence-electron chi connectivity index (χ1n) is 5.96. The van der Waals surface area contributed by atoms with Gasteiger partial charge in [-0.05, 0) is 25.1 Å². The molecule has 6 nitrogen and oxygen atoms in total. The van der Waals surface area contributed by atoms with Gasteiger partial charge in [0, 0.05) is 17.9 Å². The van der Waals surface area contributed by atoms with Gasteiger partial charge >= 0.3 is 0 Å². The van der Waals surface area contributed by atoms with E-state index in [1.807, 2.05) is 25.1 Å². The van der Waals surface area contributed by atoms with Crippen molar-refractivity contribution in [3.05, 3.63) is 29.8 Å². The number of H-pyrrole nitrogens is 2. The van der Waals surface area contributed by atoms with Crippen molar-refractivity contribution in [2.45, 2.75) is 18.5 Å². The zero-order valence-corrected chi connectivity index (χ0v) is 11.3. The molecule has 1 aromatic carbocycles. The average molecular weight is 274 g/mol. The average Bonchev–Trinajstić information content (AvgIpc) is 2.95. The summed E-state index contributed by atoms with van der Waals surface area (Å²) in [6, 6.07) is 5.69. The number of nitrogens with zero attached hydrogens (tertiary/aromatic N) is 3. The number of aryl methyl sites for hydroxylation is 2. The Balaban J connectivity index is 1.65. The summed E-state index contributed by atoms with van der Waals surface area (Å²) in [7, 11) is 0. The summed E-state index contributed by atoms with van der Waals surface area (Å²) in [5.41, 5.74) is 8.41. The van der Waals surface area contributed by atoms with Crippen molar-refractivity contribution < 1.29 is 0 Å². The molecule has 19 heavy (non-hydrogen) atoms. The number of hydrogen-bond donors (Lipinski definition) is 3. The Morgan fingerprint density at radius 3 is 3.00 bits per heavy atom. The van der Waals surface area contributed by atoms with Gasteiger partial charge in [0.1, 0.15) is 11.6 Å². The van der Waals surface area contributed by atoms with E-state index in [2.05, 4.69) is 25.1 Å². The number of aromatic nitrogens is 5. The number of nitrogens with two attached hydrogens (primary N) is 1. The lowest BCUT2D eigenvalue weighted by Gasteiger charge is -1.94. The number of imidazole rings is 1. The van der Waals surface area contributed by atoms with E-state index in [9.17, 15) is 0 Å². The second-order valence-corrected chi connectivity index (χ2v) is 5.32. The van der Waals surface area contributed by atoms with Gasteiger partial charge < -0.3 is 10.7 Å².